The molecule has 9 heteroatoms. The van der Waals surface area contributed by atoms with Crippen LogP contribution in [0.2, 0.25) is 0 Å². The van der Waals surface area contributed by atoms with Crippen molar-refractivity contribution in [2.75, 3.05) is 14.2 Å². The van der Waals surface area contributed by atoms with Gasteiger partial charge in [-0.15, -0.1) is 28.3 Å². The van der Waals surface area contributed by atoms with Crippen molar-refractivity contribution < 1.29 is 9.47 Å². The van der Waals surface area contributed by atoms with Crippen LogP contribution in [0.5, 0.6) is 11.5 Å². The number of rotatable bonds is 7. The van der Waals surface area contributed by atoms with Crippen molar-refractivity contribution >= 4 is 34.0 Å². The summed E-state index contributed by atoms with van der Waals surface area (Å²) in [5, 5.41) is 2.07. The van der Waals surface area contributed by atoms with Gasteiger partial charge in [0, 0.05) is 18.0 Å². The lowest BCUT2D eigenvalue weighted by Crippen LogP contribution is -2.20. The summed E-state index contributed by atoms with van der Waals surface area (Å²) in [6.07, 6.45) is 0. The molecule has 0 aliphatic carbocycles. The van der Waals surface area contributed by atoms with Gasteiger partial charge < -0.3 is 14.0 Å². The zero-order valence-corrected chi connectivity index (χ0v) is 24.1. The van der Waals surface area contributed by atoms with E-state index in [4.69, 9.17) is 14.5 Å². The Balaban J connectivity index is 0.00000336. The van der Waals surface area contributed by atoms with Crippen molar-refractivity contribution in [3.8, 4) is 28.4 Å². The lowest BCUT2D eigenvalue weighted by atomic mass is 10.1. The molecule has 0 spiro atoms. The van der Waals surface area contributed by atoms with Crippen LogP contribution in [0.1, 0.15) is 11.3 Å². The van der Waals surface area contributed by atoms with Gasteiger partial charge in [-0.05, 0) is 42.8 Å². The maximum absolute atomic E-state index is 13.5. The third kappa shape index (κ3) is 5.12. The van der Waals surface area contributed by atoms with E-state index in [-0.39, 0.29) is 22.5 Å². The van der Waals surface area contributed by atoms with E-state index in [9.17, 15) is 4.79 Å². The molecular weight excluding hydrogens is 564 g/mol. The summed E-state index contributed by atoms with van der Waals surface area (Å²) < 4.78 is 16.6. The van der Waals surface area contributed by atoms with E-state index in [1.54, 1.807) is 18.9 Å². The first-order valence-electron chi connectivity index (χ1n) is 11.8. The van der Waals surface area contributed by atoms with Crippen molar-refractivity contribution in [1.29, 1.82) is 0 Å². The second kappa shape index (κ2) is 11.7. The standard InChI is InChI=1S/C29H28N4O3S.BrH/c1-20-27(28(34)33(31(20)2)23-13-9-6-10-14-23)30-29-32(18-21-11-7-5-8-12-21)24(19-37-29)22-15-16-25(35-3)26(17-22)36-4;/h5-17,19H,18H2,1-4H3;1H. The van der Waals surface area contributed by atoms with Crippen molar-refractivity contribution in [1.82, 2.24) is 13.9 Å². The molecule has 0 fully saturated rings. The van der Waals surface area contributed by atoms with E-state index in [0.29, 0.717) is 23.7 Å². The minimum absolute atomic E-state index is 0. The number of nitrogens with zero attached hydrogens (tertiary/aromatic N) is 4. The summed E-state index contributed by atoms with van der Waals surface area (Å²) in [6.45, 7) is 2.52. The Morgan fingerprint density at radius 3 is 2.21 bits per heavy atom. The quantitative estimate of drug-likeness (QED) is 0.237. The second-order valence-corrected chi connectivity index (χ2v) is 9.40. The lowest BCUT2D eigenvalue weighted by Gasteiger charge is -2.12. The molecule has 0 amide bonds. The van der Waals surface area contributed by atoms with Crippen LogP contribution in [0.25, 0.3) is 16.9 Å². The van der Waals surface area contributed by atoms with Crippen LogP contribution in [0.15, 0.2) is 94.0 Å². The van der Waals surface area contributed by atoms with Crippen molar-refractivity contribution in [3.05, 3.63) is 111 Å². The van der Waals surface area contributed by atoms with Crippen LogP contribution in [0.4, 0.5) is 5.69 Å². The number of aromatic nitrogens is 3. The number of halogens is 1. The minimum Gasteiger partial charge on any atom is -0.493 e. The van der Waals surface area contributed by atoms with Crippen LogP contribution in [-0.2, 0) is 13.6 Å². The number of thiazole rings is 1. The van der Waals surface area contributed by atoms with Crippen LogP contribution < -0.4 is 19.8 Å². The summed E-state index contributed by atoms with van der Waals surface area (Å²) in [6, 6.07) is 25.7. The van der Waals surface area contributed by atoms with Gasteiger partial charge in [-0.3, -0.25) is 9.48 Å². The van der Waals surface area contributed by atoms with Gasteiger partial charge in [0.1, 0.15) is 0 Å². The summed E-state index contributed by atoms with van der Waals surface area (Å²) >= 11 is 1.50. The van der Waals surface area contributed by atoms with E-state index in [0.717, 1.165) is 33.0 Å². The lowest BCUT2D eigenvalue weighted by molar-refractivity contribution is 0.355. The number of methoxy groups -OCH3 is 2. The molecule has 0 saturated heterocycles. The van der Waals surface area contributed by atoms with Gasteiger partial charge in [0.2, 0.25) is 0 Å². The summed E-state index contributed by atoms with van der Waals surface area (Å²) in [5.41, 5.74) is 4.95. The molecule has 0 saturated carbocycles. The fourth-order valence-electron chi connectivity index (χ4n) is 4.34. The van der Waals surface area contributed by atoms with Gasteiger partial charge in [-0.1, -0.05) is 48.5 Å². The third-order valence-electron chi connectivity index (χ3n) is 6.39. The number of ether oxygens (including phenoxy) is 2. The van der Waals surface area contributed by atoms with Crippen LogP contribution in [0.3, 0.4) is 0 Å². The fraction of sp³-hybridized carbons (Fsp3) is 0.172. The van der Waals surface area contributed by atoms with Gasteiger partial charge in [0.15, 0.2) is 22.0 Å². The number of hydrogen-bond acceptors (Lipinski definition) is 5. The third-order valence-corrected chi connectivity index (χ3v) is 7.26. The molecule has 0 radical (unpaired) electrons. The van der Waals surface area contributed by atoms with Crippen LogP contribution in [-0.4, -0.2) is 28.2 Å². The molecule has 38 heavy (non-hydrogen) atoms. The first-order chi connectivity index (χ1) is 18.0. The van der Waals surface area contributed by atoms with E-state index in [1.807, 2.05) is 85.4 Å². The summed E-state index contributed by atoms with van der Waals surface area (Å²) in [7, 11) is 5.13. The zero-order valence-electron chi connectivity index (χ0n) is 21.6. The van der Waals surface area contributed by atoms with Gasteiger partial charge >= 0.3 is 0 Å². The highest BCUT2D eigenvalue weighted by Gasteiger charge is 2.17. The van der Waals surface area contributed by atoms with Crippen molar-refractivity contribution in [2.24, 2.45) is 12.0 Å². The molecule has 0 N–H and O–H groups in total. The highest BCUT2D eigenvalue weighted by atomic mass is 79.9. The molecule has 0 aliphatic rings. The van der Waals surface area contributed by atoms with E-state index in [2.05, 4.69) is 22.1 Å². The topological polar surface area (TPSA) is 62.7 Å². The van der Waals surface area contributed by atoms with E-state index < -0.39 is 0 Å². The molecule has 5 aromatic rings. The maximum atomic E-state index is 13.5. The van der Waals surface area contributed by atoms with E-state index >= 15 is 0 Å². The Morgan fingerprint density at radius 2 is 1.55 bits per heavy atom. The molecule has 0 unspecified atom stereocenters. The molecule has 5 rings (SSSR count). The SMILES string of the molecule is Br.COc1ccc(-c2csc(=Nc3c(C)n(C)n(-c4ccccc4)c3=O)n2Cc2ccccc2)cc1OC. The predicted molar refractivity (Wildman–Crippen MR) is 158 cm³/mol. The Morgan fingerprint density at radius 1 is 0.895 bits per heavy atom. The van der Waals surface area contributed by atoms with E-state index in [1.165, 1.54) is 11.3 Å². The molecule has 7 nitrogen and oxygen atoms in total. The van der Waals surface area contributed by atoms with Gasteiger partial charge in [-0.2, -0.15) is 0 Å². The molecule has 196 valence electrons. The highest BCUT2D eigenvalue weighted by Crippen LogP contribution is 2.33. The van der Waals surface area contributed by atoms with Gasteiger partial charge in [0.25, 0.3) is 5.56 Å². The van der Waals surface area contributed by atoms with Crippen molar-refractivity contribution in [3.63, 3.8) is 0 Å². The first kappa shape index (κ1) is 27.2. The van der Waals surface area contributed by atoms with Crippen LogP contribution in [0, 0.1) is 6.92 Å². The second-order valence-electron chi connectivity index (χ2n) is 8.57. The maximum Gasteiger partial charge on any atom is 0.297 e. The van der Waals surface area contributed by atoms with Crippen LogP contribution >= 0.6 is 28.3 Å². The molecule has 3 aromatic carbocycles. The Hall–Kier alpha value is -3.82. The Bertz CT molecular complexity index is 1670. The molecule has 0 atom stereocenters. The number of hydrogen-bond donors (Lipinski definition) is 0. The zero-order chi connectivity index (χ0) is 25.9. The molecule has 2 heterocycles. The largest absolute Gasteiger partial charge is 0.493 e. The average Bonchev–Trinajstić information content (AvgIpc) is 3.42. The molecule has 2 aromatic heterocycles. The smallest absolute Gasteiger partial charge is 0.297 e. The molecule has 0 bridgehead atoms. The number of para-hydroxylation sites is 1. The normalized spacial score (nSPS) is 11.3. The van der Waals surface area contributed by atoms with Crippen molar-refractivity contribution in [2.45, 2.75) is 13.5 Å². The molecule has 0 aliphatic heterocycles. The first-order valence-corrected chi connectivity index (χ1v) is 12.7. The monoisotopic (exact) mass is 592 g/mol. The predicted octanol–water partition coefficient (Wildman–Crippen LogP) is 5.89. The minimum atomic E-state index is -0.154. The Kier molecular flexibility index (Phi) is 8.38. The fourth-order valence-corrected chi connectivity index (χ4v) is 5.26. The van der Waals surface area contributed by atoms with Gasteiger partial charge in [-0.25, -0.2) is 9.67 Å². The average molecular weight is 594 g/mol. The molecular formula is C29H29BrN4O3S. The number of benzene rings is 3. The summed E-state index contributed by atoms with van der Waals surface area (Å²) in [5.74, 6) is 1.32. The summed E-state index contributed by atoms with van der Waals surface area (Å²) in [4.78, 5) is 19.2. The highest BCUT2D eigenvalue weighted by molar-refractivity contribution is 8.93. The Labute approximate surface area is 235 Å². The van der Waals surface area contributed by atoms with Gasteiger partial charge in [0.05, 0.1) is 37.8 Å².